The molecule has 7 heteroatoms. The van der Waals surface area contributed by atoms with E-state index in [0.717, 1.165) is 0 Å². The first-order valence-electron chi connectivity index (χ1n) is 5.27. The fourth-order valence-electron chi connectivity index (χ4n) is 1.72. The highest BCUT2D eigenvalue weighted by Crippen LogP contribution is 2.29. The fourth-order valence-corrected chi connectivity index (χ4v) is 2.04. The molecule has 0 bridgehead atoms. The third-order valence-corrected chi connectivity index (χ3v) is 3.14. The molecule has 2 aromatic rings. The number of carbonyl (C=O) groups is 1. The second kappa shape index (κ2) is 4.93. The van der Waals surface area contributed by atoms with Crippen molar-refractivity contribution in [3.63, 3.8) is 0 Å². The van der Waals surface area contributed by atoms with Gasteiger partial charge in [-0.3, -0.25) is 9.48 Å². The van der Waals surface area contributed by atoms with Crippen molar-refractivity contribution in [3.05, 3.63) is 22.4 Å². The predicted molar refractivity (Wildman–Crippen MR) is 69.1 cm³/mol. The van der Waals surface area contributed by atoms with Gasteiger partial charge in [0.15, 0.2) is 11.6 Å². The normalized spacial score (nSPS) is 10.8. The number of halogens is 2. The first kappa shape index (κ1) is 12.8. The van der Waals surface area contributed by atoms with Gasteiger partial charge in [-0.05, 0) is 28.1 Å². The Morgan fingerprint density at radius 3 is 3.00 bits per heavy atom. The van der Waals surface area contributed by atoms with Crippen LogP contribution in [0, 0.1) is 5.82 Å². The second-order valence-electron chi connectivity index (χ2n) is 3.80. The zero-order chi connectivity index (χ0) is 13.3. The van der Waals surface area contributed by atoms with Gasteiger partial charge in [0.2, 0.25) is 0 Å². The number of aromatic nitrogens is 2. The van der Waals surface area contributed by atoms with Gasteiger partial charge in [0, 0.05) is 19.0 Å². The summed E-state index contributed by atoms with van der Waals surface area (Å²) in [6.45, 7) is 0.249. The number of nitrogens with one attached hydrogen (secondary N) is 1. The van der Waals surface area contributed by atoms with Crippen molar-refractivity contribution in [1.29, 1.82) is 0 Å². The van der Waals surface area contributed by atoms with Crippen molar-refractivity contribution >= 4 is 38.6 Å². The third-order valence-electron chi connectivity index (χ3n) is 2.53. The van der Waals surface area contributed by atoms with Crippen LogP contribution in [0.3, 0.4) is 0 Å². The van der Waals surface area contributed by atoms with Crippen molar-refractivity contribution in [1.82, 2.24) is 9.78 Å². The standard InChI is InChI=1S/C11H11BrFN3O2/c1-16-10-6(2-3-7(12)9(10)13)11(15-16)14-5-4-8(17)18/h2-3H,4-5H2,1H3,(H,14,15)(H,17,18). The highest BCUT2D eigenvalue weighted by Gasteiger charge is 2.14. The minimum Gasteiger partial charge on any atom is -0.481 e. The Morgan fingerprint density at radius 1 is 1.61 bits per heavy atom. The molecule has 0 unspecified atom stereocenters. The van der Waals surface area contributed by atoms with Crippen LogP contribution in [-0.2, 0) is 11.8 Å². The molecule has 18 heavy (non-hydrogen) atoms. The maximum absolute atomic E-state index is 13.9. The highest BCUT2D eigenvalue weighted by atomic mass is 79.9. The monoisotopic (exact) mass is 315 g/mol. The first-order valence-corrected chi connectivity index (χ1v) is 6.06. The van der Waals surface area contributed by atoms with Crippen LogP contribution < -0.4 is 5.32 Å². The maximum Gasteiger partial charge on any atom is 0.305 e. The predicted octanol–water partition coefficient (Wildman–Crippen LogP) is 2.36. The first-order chi connectivity index (χ1) is 8.50. The van der Waals surface area contributed by atoms with Crippen LogP contribution >= 0.6 is 15.9 Å². The number of carboxylic acids is 1. The van der Waals surface area contributed by atoms with Crippen LogP contribution in [-0.4, -0.2) is 27.4 Å². The molecule has 0 aliphatic carbocycles. The lowest BCUT2D eigenvalue weighted by molar-refractivity contribution is -0.136. The summed E-state index contributed by atoms with van der Waals surface area (Å²) in [6, 6.07) is 3.33. The molecule has 1 aromatic heterocycles. The van der Waals surface area contributed by atoms with Gasteiger partial charge in [0.05, 0.1) is 10.9 Å². The molecule has 1 heterocycles. The molecule has 0 saturated carbocycles. The summed E-state index contributed by atoms with van der Waals surface area (Å²) in [6.07, 6.45) is -0.0168. The Kier molecular flexibility index (Phi) is 3.51. The molecule has 0 atom stereocenters. The summed E-state index contributed by atoms with van der Waals surface area (Å²) < 4.78 is 15.7. The summed E-state index contributed by atoms with van der Waals surface area (Å²) in [5.74, 6) is -0.786. The van der Waals surface area contributed by atoms with Crippen molar-refractivity contribution in [2.75, 3.05) is 11.9 Å². The van der Waals surface area contributed by atoms with E-state index in [4.69, 9.17) is 5.11 Å². The maximum atomic E-state index is 13.9. The minimum absolute atomic E-state index is 0.0168. The van der Waals surface area contributed by atoms with E-state index in [-0.39, 0.29) is 18.8 Å². The lowest BCUT2D eigenvalue weighted by Gasteiger charge is -2.01. The molecule has 0 saturated heterocycles. The van der Waals surface area contributed by atoms with Crippen LogP contribution in [0.15, 0.2) is 16.6 Å². The molecule has 0 spiro atoms. The average molecular weight is 316 g/mol. The van der Waals surface area contributed by atoms with Gasteiger partial charge in [-0.2, -0.15) is 5.10 Å². The molecule has 0 aliphatic rings. The molecule has 96 valence electrons. The number of benzene rings is 1. The van der Waals surface area contributed by atoms with Gasteiger partial charge in [-0.1, -0.05) is 0 Å². The number of hydrogen-bond acceptors (Lipinski definition) is 3. The number of fused-ring (bicyclic) bond motifs is 1. The van der Waals surface area contributed by atoms with Crippen molar-refractivity contribution in [3.8, 4) is 0 Å². The number of anilines is 1. The Labute approximate surface area is 111 Å². The molecule has 2 N–H and O–H groups in total. The van der Waals surface area contributed by atoms with Crippen molar-refractivity contribution in [2.24, 2.45) is 7.05 Å². The van der Waals surface area contributed by atoms with Crippen LogP contribution in [0.4, 0.5) is 10.2 Å². The van der Waals surface area contributed by atoms with Gasteiger partial charge in [0.1, 0.15) is 5.52 Å². The lowest BCUT2D eigenvalue weighted by atomic mass is 10.2. The Bertz CT molecular complexity index is 612. The second-order valence-corrected chi connectivity index (χ2v) is 4.65. The summed E-state index contributed by atoms with van der Waals surface area (Å²) in [4.78, 5) is 10.4. The average Bonchev–Trinajstić information content (AvgIpc) is 2.61. The number of aliphatic carboxylic acids is 1. The largest absolute Gasteiger partial charge is 0.481 e. The van der Waals surface area contributed by atoms with E-state index in [2.05, 4.69) is 26.3 Å². The molecule has 0 aliphatic heterocycles. The van der Waals surface area contributed by atoms with E-state index >= 15 is 0 Å². The van der Waals surface area contributed by atoms with Gasteiger partial charge < -0.3 is 10.4 Å². The zero-order valence-corrected chi connectivity index (χ0v) is 11.2. The van der Waals surface area contributed by atoms with E-state index in [0.29, 0.717) is 21.2 Å². The summed E-state index contributed by atoms with van der Waals surface area (Å²) in [5, 5.41) is 16.2. The van der Waals surface area contributed by atoms with E-state index in [1.807, 2.05) is 0 Å². The van der Waals surface area contributed by atoms with Crippen LogP contribution in [0.5, 0.6) is 0 Å². The Hall–Kier alpha value is -1.63. The van der Waals surface area contributed by atoms with Crippen molar-refractivity contribution < 1.29 is 14.3 Å². The molecule has 0 radical (unpaired) electrons. The quantitative estimate of drug-likeness (QED) is 0.909. The number of hydrogen-bond donors (Lipinski definition) is 2. The SMILES string of the molecule is Cn1nc(NCCC(=O)O)c2ccc(Br)c(F)c21. The van der Waals surface area contributed by atoms with E-state index in [1.165, 1.54) is 4.68 Å². The van der Waals surface area contributed by atoms with Gasteiger partial charge in [-0.25, -0.2) is 4.39 Å². The summed E-state index contributed by atoms with van der Waals surface area (Å²) >= 11 is 3.12. The molecule has 1 aromatic carbocycles. The molecular formula is C11H11BrFN3O2. The van der Waals surface area contributed by atoms with Crippen LogP contribution in [0.2, 0.25) is 0 Å². The van der Waals surface area contributed by atoms with Gasteiger partial charge in [0.25, 0.3) is 0 Å². The summed E-state index contributed by atoms with van der Waals surface area (Å²) in [7, 11) is 1.64. The van der Waals surface area contributed by atoms with E-state index < -0.39 is 5.97 Å². The number of nitrogens with zero attached hydrogens (tertiary/aromatic N) is 2. The van der Waals surface area contributed by atoms with Gasteiger partial charge >= 0.3 is 5.97 Å². The smallest absolute Gasteiger partial charge is 0.305 e. The molecular weight excluding hydrogens is 305 g/mol. The van der Waals surface area contributed by atoms with E-state index in [9.17, 15) is 9.18 Å². The minimum atomic E-state index is -0.892. The molecule has 0 fully saturated rings. The van der Waals surface area contributed by atoms with Gasteiger partial charge in [-0.15, -0.1) is 0 Å². The van der Waals surface area contributed by atoms with Crippen molar-refractivity contribution in [2.45, 2.75) is 6.42 Å². The lowest BCUT2D eigenvalue weighted by Crippen LogP contribution is -2.08. The van der Waals surface area contributed by atoms with Crippen LogP contribution in [0.1, 0.15) is 6.42 Å². The molecule has 0 amide bonds. The highest BCUT2D eigenvalue weighted by molar-refractivity contribution is 9.10. The molecule has 2 rings (SSSR count). The zero-order valence-electron chi connectivity index (χ0n) is 9.57. The fraction of sp³-hybridized carbons (Fsp3) is 0.273. The topological polar surface area (TPSA) is 67.2 Å². The molecule has 5 nitrogen and oxygen atoms in total. The Morgan fingerprint density at radius 2 is 2.33 bits per heavy atom. The summed E-state index contributed by atoms with van der Waals surface area (Å²) in [5.41, 5.74) is 0.377. The number of rotatable bonds is 4. The Balaban J connectivity index is 2.35. The number of carboxylic acid groups (broad SMARTS) is 1. The van der Waals surface area contributed by atoms with Crippen LogP contribution in [0.25, 0.3) is 10.9 Å². The third kappa shape index (κ3) is 2.31. The van der Waals surface area contributed by atoms with E-state index in [1.54, 1.807) is 19.2 Å². The number of aryl methyl sites for hydroxylation is 1.